The van der Waals surface area contributed by atoms with Crippen molar-refractivity contribution in [3.63, 3.8) is 0 Å². The van der Waals surface area contributed by atoms with E-state index >= 15 is 0 Å². The Morgan fingerprint density at radius 3 is 2.83 bits per heavy atom. The minimum atomic E-state index is -0.837. The second-order valence-corrected chi connectivity index (χ2v) is 5.59. The molecule has 18 heavy (non-hydrogen) atoms. The summed E-state index contributed by atoms with van der Waals surface area (Å²) in [5.74, 6) is -0.178. The number of hydrogen-bond acceptors (Lipinski definition) is 3. The van der Waals surface area contributed by atoms with Gasteiger partial charge < -0.3 is 19.7 Å². The van der Waals surface area contributed by atoms with E-state index in [0.717, 1.165) is 4.47 Å². The molecule has 0 aromatic carbocycles. The minimum absolute atomic E-state index is 0.178. The van der Waals surface area contributed by atoms with Gasteiger partial charge in [0, 0.05) is 50.3 Å². The Morgan fingerprint density at radius 2 is 2.28 bits per heavy atom. The fourth-order valence-electron chi connectivity index (χ4n) is 2.01. The van der Waals surface area contributed by atoms with E-state index in [0.29, 0.717) is 31.7 Å². The fraction of sp³-hybridized carbons (Fsp3) is 0.583. The Hall–Kier alpha value is -0.850. The van der Waals surface area contributed by atoms with Gasteiger partial charge >= 0.3 is 0 Å². The van der Waals surface area contributed by atoms with Crippen molar-refractivity contribution in [1.29, 1.82) is 0 Å². The molecule has 0 saturated carbocycles. The van der Waals surface area contributed by atoms with E-state index in [1.807, 2.05) is 13.2 Å². The lowest BCUT2D eigenvalue weighted by molar-refractivity contribution is -0.0605. The van der Waals surface area contributed by atoms with Gasteiger partial charge in [0.15, 0.2) is 0 Å². The summed E-state index contributed by atoms with van der Waals surface area (Å²) < 4.78 is 7.80. The summed E-state index contributed by atoms with van der Waals surface area (Å²) in [4.78, 5) is 12.0. The molecule has 0 radical (unpaired) electrons. The van der Waals surface area contributed by atoms with Crippen LogP contribution in [0.25, 0.3) is 0 Å². The quantitative estimate of drug-likeness (QED) is 0.876. The van der Waals surface area contributed by atoms with Gasteiger partial charge in [-0.2, -0.15) is 0 Å². The molecular formula is C12H17BrN2O3. The summed E-state index contributed by atoms with van der Waals surface area (Å²) in [5, 5.41) is 13.0. The van der Waals surface area contributed by atoms with Crippen molar-refractivity contribution in [2.75, 3.05) is 19.8 Å². The van der Waals surface area contributed by atoms with E-state index in [9.17, 15) is 9.90 Å². The largest absolute Gasteiger partial charge is 0.388 e. The first-order valence-corrected chi connectivity index (χ1v) is 6.70. The number of amides is 1. The smallest absolute Gasteiger partial charge is 0.268 e. The highest BCUT2D eigenvalue weighted by Crippen LogP contribution is 2.19. The molecule has 1 aromatic rings. The molecule has 1 aliphatic heterocycles. The zero-order valence-electron chi connectivity index (χ0n) is 10.3. The summed E-state index contributed by atoms with van der Waals surface area (Å²) in [7, 11) is 1.81. The van der Waals surface area contributed by atoms with E-state index in [1.54, 1.807) is 10.6 Å². The van der Waals surface area contributed by atoms with E-state index in [-0.39, 0.29) is 12.5 Å². The highest BCUT2D eigenvalue weighted by molar-refractivity contribution is 9.10. The van der Waals surface area contributed by atoms with Crippen molar-refractivity contribution in [1.82, 2.24) is 9.88 Å². The maximum Gasteiger partial charge on any atom is 0.268 e. The first kappa shape index (κ1) is 13.6. The molecule has 0 aliphatic carbocycles. The molecule has 1 aromatic heterocycles. The number of nitrogens with zero attached hydrogens (tertiary/aromatic N) is 1. The van der Waals surface area contributed by atoms with Gasteiger partial charge in [0.25, 0.3) is 5.91 Å². The van der Waals surface area contributed by atoms with Crippen LogP contribution in [0.2, 0.25) is 0 Å². The molecular weight excluding hydrogens is 300 g/mol. The van der Waals surface area contributed by atoms with Crippen LogP contribution in [-0.2, 0) is 11.8 Å². The Kier molecular flexibility index (Phi) is 4.09. The third-order valence-corrected chi connectivity index (χ3v) is 3.64. The van der Waals surface area contributed by atoms with E-state index < -0.39 is 5.60 Å². The first-order chi connectivity index (χ1) is 8.50. The normalized spacial score (nSPS) is 18.6. The standard InChI is InChI=1S/C12H17BrN2O3/c1-15-7-9(13)6-10(15)11(16)14-8-12(17)2-4-18-5-3-12/h6-7,17H,2-5,8H2,1H3,(H,14,16). The maximum absolute atomic E-state index is 12.0. The molecule has 1 saturated heterocycles. The molecule has 2 rings (SSSR count). The number of aryl methyl sites for hydroxylation is 1. The molecule has 2 heterocycles. The van der Waals surface area contributed by atoms with Gasteiger partial charge in [0.05, 0.1) is 5.60 Å². The van der Waals surface area contributed by atoms with Crippen molar-refractivity contribution in [3.05, 3.63) is 22.4 Å². The lowest BCUT2D eigenvalue weighted by atomic mass is 9.94. The third kappa shape index (κ3) is 3.13. The molecule has 0 atom stereocenters. The molecule has 1 fully saturated rings. The molecule has 2 N–H and O–H groups in total. The average molecular weight is 317 g/mol. The first-order valence-electron chi connectivity index (χ1n) is 5.90. The predicted molar refractivity (Wildman–Crippen MR) is 70.4 cm³/mol. The highest BCUT2D eigenvalue weighted by Gasteiger charge is 2.30. The van der Waals surface area contributed by atoms with Crippen molar-refractivity contribution in [2.45, 2.75) is 18.4 Å². The average Bonchev–Trinajstić information content (AvgIpc) is 2.67. The lowest BCUT2D eigenvalue weighted by Gasteiger charge is -2.32. The van der Waals surface area contributed by atoms with Gasteiger partial charge in [-0.15, -0.1) is 0 Å². The van der Waals surface area contributed by atoms with Crippen molar-refractivity contribution < 1.29 is 14.6 Å². The predicted octanol–water partition coefficient (Wildman–Crippen LogP) is 1.06. The Labute approximate surface area is 114 Å². The summed E-state index contributed by atoms with van der Waals surface area (Å²) in [5.41, 5.74) is -0.270. The van der Waals surface area contributed by atoms with Crippen molar-refractivity contribution in [3.8, 4) is 0 Å². The summed E-state index contributed by atoms with van der Waals surface area (Å²) >= 11 is 3.32. The molecule has 0 bridgehead atoms. The van der Waals surface area contributed by atoms with Crippen LogP contribution in [0.1, 0.15) is 23.3 Å². The number of rotatable bonds is 3. The SMILES string of the molecule is Cn1cc(Br)cc1C(=O)NCC1(O)CCOCC1. The number of ether oxygens (including phenoxy) is 1. The van der Waals surface area contributed by atoms with Crippen LogP contribution in [0.15, 0.2) is 16.7 Å². The molecule has 1 amide bonds. The maximum atomic E-state index is 12.0. The fourth-order valence-corrected chi connectivity index (χ4v) is 2.54. The molecule has 100 valence electrons. The van der Waals surface area contributed by atoms with Gasteiger partial charge in [-0.05, 0) is 22.0 Å². The summed E-state index contributed by atoms with van der Waals surface area (Å²) in [6.45, 7) is 1.35. The number of aliphatic hydroxyl groups is 1. The molecule has 0 spiro atoms. The van der Waals surface area contributed by atoms with Crippen LogP contribution in [0.4, 0.5) is 0 Å². The van der Waals surface area contributed by atoms with Crippen LogP contribution in [-0.4, -0.2) is 40.9 Å². The number of carbonyl (C=O) groups excluding carboxylic acids is 1. The van der Waals surface area contributed by atoms with Crippen molar-refractivity contribution >= 4 is 21.8 Å². The zero-order valence-corrected chi connectivity index (χ0v) is 11.9. The molecule has 0 unspecified atom stereocenters. The third-order valence-electron chi connectivity index (χ3n) is 3.21. The molecule has 1 aliphatic rings. The monoisotopic (exact) mass is 316 g/mol. The van der Waals surface area contributed by atoms with E-state index in [1.165, 1.54) is 0 Å². The number of carbonyl (C=O) groups is 1. The van der Waals surface area contributed by atoms with Gasteiger partial charge in [0.1, 0.15) is 5.69 Å². The van der Waals surface area contributed by atoms with E-state index in [4.69, 9.17) is 4.74 Å². The lowest BCUT2D eigenvalue weighted by Crippen LogP contribution is -2.46. The zero-order chi connectivity index (χ0) is 13.2. The van der Waals surface area contributed by atoms with Crippen molar-refractivity contribution in [2.24, 2.45) is 7.05 Å². The van der Waals surface area contributed by atoms with Crippen LogP contribution in [0, 0.1) is 0 Å². The number of hydrogen-bond donors (Lipinski definition) is 2. The second-order valence-electron chi connectivity index (χ2n) is 4.67. The minimum Gasteiger partial charge on any atom is -0.388 e. The number of nitrogens with one attached hydrogen (secondary N) is 1. The summed E-state index contributed by atoms with van der Waals surface area (Å²) in [6.07, 6.45) is 2.94. The number of aromatic nitrogens is 1. The number of halogens is 1. The molecule has 6 heteroatoms. The van der Waals surface area contributed by atoms with Crippen LogP contribution < -0.4 is 5.32 Å². The van der Waals surface area contributed by atoms with Gasteiger partial charge in [-0.3, -0.25) is 4.79 Å². The van der Waals surface area contributed by atoms with Gasteiger partial charge in [0.2, 0.25) is 0 Å². The van der Waals surface area contributed by atoms with Crippen LogP contribution in [0.3, 0.4) is 0 Å². The second kappa shape index (κ2) is 5.42. The Balaban J connectivity index is 1.94. The highest BCUT2D eigenvalue weighted by atomic mass is 79.9. The molecule has 5 nitrogen and oxygen atoms in total. The van der Waals surface area contributed by atoms with E-state index in [2.05, 4.69) is 21.2 Å². The Morgan fingerprint density at radius 1 is 1.61 bits per heavy atom. The van der Waals surface area contributed by atoms with Gasteiger partial charge in [-0.1, -0.05) is 0 Å². The van der Waals surface area contributed by atoms with Gasteiger partial charge in [-0.25, -0.2) is 0 Å². The Bertz CT molecular complexity index is 439. The van der Waals surface area contributed by atoms with Crippen LogP contribution >= 0.6 is 15.9 Å². The topological polar surface area (TPSA) is 63.5 Å². The van der Waals surface area contributed by atoms with Crippen LogP contribution in [0.5, 0.6) is 0 Å². The summed E-state index contributed by atoms with van der Waals surface area (Å²) in [6, 6.07) is 1.75.